The summed E-state index contributed by atoms with van der Waals surface area (Å²) in [6.07, 6.45) is 18.9. The number of carbonyl (C=O) groups excluding carboxylic acids is 7. The van der Waals surface area contributed by atoms with Crippen molar-refractivity contribution in [3.05, 3.63) is 74.6 Å². The first-order valence-corrected chi connectivity index (χ1v) is 42.2. The highest BCUT2D eigenvalue weighted by Crippen LogP contribution is 2.53. The van der Waals surface area contributed by atoms with E-state index in [-0.39, 0.29) is 135 Å². The molecule has 0 radical (unpaired) electrons. The highest BCUT2D eigenvalue weighted by Gasteiger charge is 2.60. The van der Waals surface area contributed by atoms with Crippen LogP contribution in [0, 0.1) is 20.2 Å². The smallest absolute Gasteiger partial charge is 0.506 e. The maximum absolute atomic E-state index is 14.2. The van der Waals surface area contributed by atoms with Crippen LogP contribution in [0.5, 0.6) is 5.75 Å². The fourth-order valence-corrected chi connectivity index (χ4v) is 19.1. The van der Waals surface area contributed by atoms with Crippen LogP contribution in [0.1, 0.15) is 173 Å². The number of nitrogens with zero attached hydrogens (tertiary/aromatic N) is 3. The van der Waals surface area contributed by atoms with Crippen molar-refractivity contribution < 1.29 is 62.0 Å². The van der Waals surface area contributed by atoms with Gasteiger partial charge in [-0.25, -0.2) is 14.4 Å². The van der Waals surface area contributed by atoms with Crippen molar-refractivity contribution >= 4 is 208 Å². The number of phenolic OH excluding ortho intramolecular Hbond substituents is 1. The highest BCUT2D eigenvalue weighted by molar-refractivity contribution is 14.1. The molecule has 2 aromatic carbocycles. The fraction of sp³-hybridized carbons (Fsp3) is 0.597. The third-order valence-electron chi connectivity index (χ3n) is 19.2. The molecule has 23 nitrogen and oxygen atoms in total. The number of nitrogens with two attached hydrogens (primary N) is 1. The third-order valence-corrected chi connectivity index (χ3v) is 26.5. The molecule has 2 saturated heterocycles. The lowest BCUT2D eigenvalue weighted by Gasteiger charge is -2.35. The van der Waals surface area contributed by atoms with Crippen molar-refractivity contribution in [3.63, 3.8) is 0 Å². The first-order chi connectivity index (χ1) is 49.6. The van der Waals surface area contributed by atoms with Crippen LogP contribution < -0.4 is 37.7 Å². The topological polar surface area (TPSA) is 312 Å². The van der Waals surface area contributed by atoms with Crippen LogP contribution in [0.15, 0.2) is 38.6 Å². The van der Waals surface area contributed by atoms with E-state index in [4.69, 9.17) is 75.5 Å². The van der Waals surface area contributed by atoms with Crippen molar-refractivity contribution in [2.24, 2.45) is 16.6 Å². The third kappa shape index (κ3) is 25.7. The summed E-state index contributed by atoms with van der Waals surface area (Å²) in [7, 11) is 3.12. The number of phenols is 1. The van der Waals surface area contributed by atoms with Gasteiger partial charge in [-0.15, -0.1) is 0 Å². The van der Waals surface area contributed by atoms with Crippen molar-refractivity contribution in [2.45, 2.75) is 191 Å². The SMILES string of the molecule is C/N=C(N)\C=C/N(C=O)C(C)[C@@H](C)C[C@@H](COC(=O)OCCCCCCCCCCCC(=O)NCCN(CCNC(=O)CCCCCCCOC(=O)c1c(Cl)c(Cl)c(Cl)c(Cl)c1-c1c2cc(I)c(=O)c(I)c-2oc2c(I)c(O)c(I)cc12)CCNC(=O)CCCCC1SC[C@@]2(C)NC(=O)N[C@@]12C)OC. The Labute approximate surface area is 688 Å². The van der Waals surface area contributed by atoms with Crippen LogP contribution in [0.4, 0.5) is 9.59 Å². The number of carbonyl (C=O) groups is 7. The number of hydrogen-bond donors (Lipinski definition) is 7. The molecule has 6 atom stereocenters. The number of methoxy groups -OCH3 is 1. The number of rotatable bonds is 46. The van der Waals surface area contributed by atoms with Gasteiger partial charge in [0.25, 0.3) is 0 Å². The molecule has 1 aliphatic carbocycles. The van der Waals surface area contributed by atoms with E-state index in [2.05, 4.69) is 50.3 Å². The molecule has 0 aromatic heterocycles. The minimum Gasteiger partial charge on any atom is -0.506 e. The summed E-state index contributed by atoms with van der Waals surface area (Å²) in [5, 5.41) is 26.6. The van der Waals surface area contributed by atoms with Crippen LogP contribution >= 0.6 is 149 Å². The molecule has 104 heavy (non-hydrogen) atoms. The number of hydrogen-bond acceptors (Lipinski definition) is 17. The number of unbranched alkanes of at least 4 members (excludes halogenated alkanes) is 13. The standard InChI is InChI=1S/C72H97Cl4I4N9O14S/c1-43(44(2)89(42-90)31-27-51(81)82-5)37-45(99-6)40-102-70(98)101-36-22-15-11-9-7-8-10-13-17-24-52(91)83-28-32-88(34-30-85-54(93)26-20-19-23-50-72(4)71(3,41-104-50)86-69(97)87-72)33-29-84-53(92)25-18-14-12-16-21-35-100-68(96)57-56(58(73)60(75)61(76)59(57)74)55-46-38-48(77)64(94)62(79)66(46)103-67-47(55)39-49(78)65(95)63(67)80/h27,31,38-39,42-45,50,94H,7-26,28-30,32-37,40-41H2,1-6H3,(H2,81,82)(H,83,91)(H,84,92)(H,85,93)(H2,86,87,97)/b31-27-/t43-,44?,45-,50?,71+,72-/m0/s1. The lowest BCUT2D eigenvalue weighted by Crippen LogP contribution is -2.58. The van der Waals surface area contributed by atoms with Crippen LogP contribution in [0.2, 0.25) is 20.1 Å². The molecule has 576 valence electrons. The number of fused-ring (bicyclic) bond motifs is 3. The van der Waals surface area contributed by atoms with Crippen molar-refractivity contribution in [2.75, 3.05) is 79.0 Å². The van der Waals surface area contributed by atoms with E-state index in [0.717, 1.165) is 102 Å². The molecular formula is C72H97Cl4I4N9O14S. The number of amidine groups is 1. The van der Waals surface area contributed by atoms with Gasteiger partial charge in [-0.3, -0.25) is 33.9 Å². The minimum atomic E-state index is -0.800. The van der Waals surface area contributed by atoms with E-state index in [9.17, 15) is 43.5 Å². The molecular weight excluding hydrogens is 1900 g/mol. The van der Waals surface area contributed by atoms with E-state index >= 15 is 0 Å². The van der Waals surface area contributed by atoms with Crippen LogP contribution in [-0.4, -0.2) is 171 Å². The molecule has 2 unspecified atom stereocenters. The number of benzene rings is 3. The Balaban J connectivity index is 0.875. The Hall–Kier alpha value is -3.62. The van der Waals surface area contributed by atoms with Gasteiger partial charge in [0.2, 0.25) is 29.6 Å². The Morgan fingerprint density at radius 3 is 1.84 bits per heavy atom. The molecule has 32 heteroatoms. The van der Waals surface area contributed by atoms with Gasteiger partial charge in [0.15, 0.2) is 11.3 Å². The first-order valence-electron chi connectivity index (χ1n) is 35.3. The quantitative estimate of drug-likeness (QED) is 0.00207. The number of ether oxygens (including phenoxy) is 4. The minimum absolute atomic E-state index is 0.0148. The zero-order valence-electron chi connectivity index (χ0n) is 59.7. The zero-order valence-corrected chi connectivity index (χ0v) is 72.2. The summed E-state index contributed by atoms with van der Waals surface area (Å²) in [6.45, 7) is 11.2. The van der Waals surface area contributed by atoms with E-state index in [1.807, 2.05) is 116 Å². The summed E-state index contributed by atoms with van der Waals surface area (Å²) in [4.78, 5) is 110. The van der Waals surface area contributed by atoms with Gasteiger partial charge in [0, 0.05) is 118 Å². The second-order valence-electron chi connectivity index (χ2n) is 26.6. The molecule has 2 aromatic rings. The largest absolute Gasteiger partial charge is 0.508 e. The van der Waals surface area contributed by atoms with Gasteiger partial charge in [-0.2, -0.15) is 11.8 Å². The Kier molecular flexibility index (Phi) is 38.5. The first kappa shape index (κ1) is 89.3. The van der Waals surface area contributed by atoms with Crippen LogP contribution in [0.25, 0.3) is 33.4 Å². The Bertz CT molecular complexity index is 3710. The summed E-state index contributed by atoms with van der Waals surface area (Å²) in [6, 6.07) is 3.03. The van der Waals surface area contributed by atoms with Crippen LogP contribution in [-0.2, 0) is 38.1 Å². The molecule has 3 aliphatic heterocycles. The van der Waals surface area contributed by atoms with Gasteiger partial charge in [-0.05, 0) is 180 Å². The van der Waals surface area contributed by atoms with Crippen molar-refractivity contribution in [1.29, 1.82) is 0 Å². The predicted octanol–water partition coefficient (Wildman–Crippen LogP) is 15.4. The number of urea groups is 1. The van der Waals surface area contributed by atoms with Gasteiger partial charge in [-0.1, -0.05) is 124 Å². The number of nitrogens with one attached hydrogen (secondary N) is 5. The summed E-state index contributed by atoms with van der Waals surface area (Å²) < 4.78 is 29.9. The molecule has 8 N–H and O–H groups in total. The molecule has 0 bridgehead atoms. The second-order valence-corrected chi connectivity index (χ2v) is 33.8. The van der Waals surface area contributed by atoms with Gasteiger partial charge < -0.3 is 65.7 Å². The van der Waals surface area contributed by atoms with Gasteiger partial charge in [0.05, 0.1) is 66.8 Å². The average molecular weight is 1990 g/mol. The maximum Gasteiger partial charge on any atom is 0.508 e. The van der Waals surface area contributed by atoms with E-state index in [1.165, 1.54) is 4.90 Å². The normalized spacial score (nSPS) is 17.4. The summed E-state index contributed by atoms with van der Waals surface area (Å²) in [5.41, 5.74) is 5.87. The molecule has 0 saturated carbocycles. The number of aromatic hydroxyl groups is 1. The predicted molar refractivity (Wildman–Crippen MR) is 446 cm³/mol. The summed E-state index contributed by atoms with van der Waals surface area (Å²) in [5.74, 6) is 0.387. The number of amides is 6. The average Bonchev–Trinajstić information content (AvgIpc) is 0.847. The van der Waals surface area contributed by atoms with E-state index < -0.39 is 12.1 Å². The molecule has 6 amide bonds. The lowest BCUT2D eigenvalue weighted by atomic mass is 9.79. The monoisotopic (exact) mass is 1990 g/mol. The zero-order chi connectivity index (χ0) is 76.3. The molecule has 2 fully saturated rings. The number of thioether (sulfide) groups is 1. The van der Waals surface area contributed by atoms with Gasteiger partial charge >= 0.3 is 18.2 Å². The summed E-state index contributed by atoms with van der Waals surface area (Å²) >= 11 is 36.9. The Morgan fingerprint density at radius 1 is 0.740 bits per heavy atom. The molecule has 4 aliphatic rings. The number of esters is 1. The fourth-order valence-electron chi connectivity index (χ4n) is 12.6. The van der Waals surface area contributed by atoms with Crippen LogP contribution in [0.3, 0.4) is 0 Å². The van der Waals surface area contributed by atoms with Crippen molar-refractivity contribution in [1.82, 2.24) is 36.4 Å². The lowest BCUT2D eigenvalue weighted by molar-refractivity contribution is -0.121. The molecule has 6 rings (SSSR count). The number of halogens is 8. The Morgan fingerprint density at radius 2 is 1.28 bits per heavy atom. The van der Waals surface area contributed by atoms with E-state index in [1.54, 1.807) is 38.6 Å². The number of aliphatic imine (C=N–C) groups is 1. The highest BCUT2D eigenvalue weighted by atomic mass is 127. The van der Waals surface area contributed by atoms with Crippen molar-refractivity contribution in [3.8, 4) is 28.2 Å². The van der Waals surface area contributed by atoms with Gasteiger partial charge in [0.1, 0.15) is 21.8 Å². The maximum atomic E-state index is 14.2. The second kappa shape index (κ2) is 44.9. The molecule has 3 heterocycles. The molecule has 0 spiro atoms. The van der Waals surface area contributed by atoms with E-state index in [0.29, 0.717) is 117 Å².